The highest BCUT2D eigenvalue weighted by molar-refractivity contribution is 5.78. The molecule has 2 nitrogen and oxygen atoms in total. The van der Waals surface area contributed by atoms with Crippen LogP contribution in [0.15, 0.2) is 0 Å². The van der Waals surface area contributed by atoms with Gasteiger partial charge in [0.1, 0.15) is 5.78 Å². The van der Waals surface area contributed by atoms with E-state index in [2.05, 4.69) is 13.8 Å². The van der Waals surface area contributed by atoms with Crippen molar-refractivity contribution in [2.45, 2.75) is 58.8 Å². The summed E-state index contributed by atoms with van der Waals surface area (Å²) in [4.78, 5) is 11.4. The van der Waals surface area contributed by atoms with E-state index in [1.165, 1.54) is 6.42 Å². The fraction of sp³-hybridized carbons (Fsp3) is 0.917. The molecule has 84 valence electrons. The van der Waals surface area contributed by atoms with Gasteiger partial charge >= 0.3 is 0 Å². The predicted molar refractivity (Wildman–Crippen MR) is 59.2 cm³/mol. The summed E-state index contributed by atoms with van der Waals surface area (Å²) < 4.78 is 0. The smallest absolute Gasteiger partial charge is 0.132 e. The van der Waals surface area contributed by atoms with Crippen molar-refractivity contribution in [1.82, 2.24) is 0 Å². The second-order valence-corrected chi connectivity index (χ2v) is 3.99. The zero-order valence-corrected chi connectivity index (χ0v) is 9.59. The first-order valence-corrected chi connectivity index (χ1v) is 5.87. The first-order valence-electron chi connectivity index (χ1n) is 5.87. The van der Waals surface area contributed by atoms with E-state index < -0.39 is 0 Å². The maximum atomic E-state index is 11.4. The van der Waals surface area contributed by atoms with E-state index in [1.54, 1.807) is 0 Å². The Morgan fingerprint density at radius 1 is 1.21 bits per heavy atom. The molecule has 0 amide bonds. The molecule has 0 bridgehead atoms. The van der Waals surface area contributed by atoms with Gasteiger partial charge in [0.25, 0.3) is 0 Å². The van der Waals surface area contributed by atoms with E-state index in [1.807, 2.05) is 0 Å². The van der Waals surface area contributed by atoms with Crippen LogP contribution < -0.4 is 0 Å². The summed E-state index contributed by atoms with van der Waals surface area (Å²) in [6.45, 7) is 4.42. The normalized spacial score (nSPS) is 12.8. The van der Waals surface area contributed by atoms with Crippen molar-refractivity contribution in [1.29, 1.82) is 0 Å². The first-order chi connectivity index (χ1) is 6.74. The lowest BCUT2D eigenvalue weighted by Crippen LogP contribution is -2.08. The van der Waals surface area contributed by atoms with Crippen LogP contribution in [-0.4, -0.2) is 17.5 Å². The highest BCUT2D eigenvalue weighted by Crippen LogP contribution is 2.12. The summed E-state index contributed by atoms with van der Waals surface area (Å²) in [5.41, 5.74) is 0. The topological polar surface area (TPSA) is 37.3 Å². The Bertz CT molecular complexity index is 139. The van der Waals surface area contributed by atoms with Crippen molar-refractivity contribution in [3.05, 3.63) is 0 Å². The van der Waals surface area contributed by atoms with Gasteiger partial charge in [-0.15, -0.1) is 0 Å². The molecule has 0 aromatic rings. The Labute approximate surface area is 87.7 Å². The van der Waals surface area contributed by atoms with E-state index >= 15 is 0 Å². The van der Waals surface area contributed by atoms with Crippen molar-refractivity contribution in [2.75, 3.05) is 6.61 Å². The average Bonchev–Trinajstić information content (AvgIpc) is 2.20. The van der Waals surface area contributed by atoms with Gasteiger partial charge in [0.2, 0.25) is 0 Å². The van der Waals surface area contributed by atoms with Gasteiger partial charge in [-0.3, -0.25) is 4.79 Å². The maximum absolute atomic E-state index is 11.4. The first kappa shape index (κ1) is 13.6. The Morgan fingerprint density at radius 3 is 2.43 bits per heavy atom. The molecule has 0 radical (unpaired) electrons. The van der Waals surface area contributed by atoms with Crippen molar-refractivity contribution < 1.29 is 9.90 Å². The standard InChI is InChI=1S/C12H24O2/c1-3-5-6-7-12(14)9-8-11(4-2)10-13/h11,13H,3-10H2,1-2H3. The van der Waals surface area contributed by atoms with E-state index in [0.29, 0.717) is 18.1 Å². The molecule has 2 heteroatoms. The fourth-order valence-electron chi connectivity index (χ4n) is 1.49. The summed E-state index contributed by atoms with van der Waals surface area (Å²) in [5.74, 6) is 0.690. The van der Waals surface area contributed by atoms with Crippen LogP contribution in [0.2, 0.25) is 0 Å². The molecule has 0 aliphatic rings. The molecule has 14 heavy (non-hydrogen) atoms. The lowest BCUT2D eigenvalue weighted by atomic mass is 9.98. The lowest BCUT2D eigenvalue weighted by molar-refractivity contribution is -0.119. The maximum Gasteiger partial charge on any atom is 0.132 e. The molecule has 0 saturated heterocycles. The van der Waals surface area contributed by atoms with Gasteiger partial charge in [-0.2, -0.15) is 0 Å². The third kappa shape index (κ3) is 7.07. The second-order valence-electron chi connectivity index (χ2n) is 3.99. The quantitative estimate of drug-likeness (QED) is 0.581. The monoisotopic (exact) mass is 200 g/mol. The van der Waals surface area contributed by atoms with Crippen molar-refractivity contribution in [3.63, 3.8) is 0 Å². The Morgan fingerprint density at radius 2 is 1.93 bits per heavy atom. The van der Waals surface area contributed by atoms with E-state index in [0.717, 1.165) is 32.1 Å². The van der Waals surface area contributed by atoms with Crippen LogP contribution in [-0.2, 0) is 4.79 Å². The molecule has 0 fully saturated rings. The Hall–Kier alpha value is -0.370. The van der Waals surface area contributed by atoms with Crippen LogP contribution in [0.4, 0.5) is 0 Å². The molecular weight excluding hydrogens is 176 g/mol. The lowest BCUT2D eigenvalue weighted by Gasteiger charge is -2.09. The molecule has 1 N–H and O–H groups in total. The Balaban J connectivity index is 3.42. The highest BCUT2D eigenvalue weighted by atomic mass is 16.3. The van der Waals surface area contributed by atoms with Gasteiger partial charge in [-0.1, -0.05) is 33.1 Å². The third-order valence-corrected chi connectivity index (χ3v) is 2.73. The minimum Gasteiger partial charge on any atom is -0.396 e. The summed E-state index contributed by atoms with van der Waals surface area (Å²) in [6.07, 6.45) is 6.57. The molecule has 0 saturated carbocycles. The molecule has 0 heterocycles. The molecule has 0 spiro atoms. The van der Waals surface area contributed by atoms with Gasteiger partial charge in [0.15, 0.2) is 0 Å². The van der Waals surface area contributed by atoms with Crippen LogP contribution >= 0.6 is 0 Å². The summed E-state index contributed by atoms with van der Waals surface area (Å²) in [5, 5.41) is 8.94. The van der Waals surface area contributed by atoms with Gasteiger partial charge in [-0.05, 0) is 18.8 Å². The Kier molecular flexibility index (Phi) is 8.95. The SMILES string of the molecule is CCCCCC(=O)CCC(CC)CO. The van der Waals surface area contributed by atoms with Crippen LogP contribution in [0.1, 0.15) is 58.8 Å². The van der Waals surface area contributed by atoms with E-state index in [-0.39, 0.29) is 6.61 Å². The molecule has 0 aliphatic carbocycles. The number of hydrogen-bond donors (Lipinski definition) is 1. The van der Waals surface area contributed by atoms with Crippen LogP contribution in [0.25, 0.3) is 0 Å². The summed E-state index contributed by atoms with van der Waals surface area (Å²) in [7, 11) is 0. The molecule has 0 rings (SSSR count). The van der Waals surface area contributed by atoms with Gasteiger partial charge in [-0.25, -0.2) is 0 Å². The number of carbonyl (C=O) groups excluding carboxylic acids is 1. The number of hydrogen-bond acceptors (Lipinski definition) is 2. The summed E-state index contributed by atoms with van der Waals surface area (Å²) >= 11 is 0. The van der Waals surface area contributed by atoms with Crippen LogP contribution in [0, 0.1) is 5.92 Å². The number of aliphatic hydroxyl groups is 1. The van der Waals surface area contributed by atoms with E-state index in [9.17, 15) is 4.79 Å². The van der Waals surface area contributed by atoms with Gasteiger partial charge in [0.05, 0.1) is 0 Å². The summed E-state index contributed by atoms with van der Waals surface area (Å²) in [6, 6.07) is 0. The van der Waals surface area contributed by atoms with E-state index in [4.69, 9.17) is 5.11 Å². The zero-order chi connectivity index (χ0) is 10.8. The number of carbonyl (C=O) groups is 1. The number of rotatable bonds is 9. The predicted octanol–water partition coefficient (Wildman–Crippen LogP) is 2.93. The van der Waals surface area contributed by atoms with Gasteiger partial charge in [0, 0.05) is 19.4 Å². The van der Waals surface area contributed by atoms with Crippen LogP contribution in [0.5, 0.6) is 0 Å². The molecule has 1 atom stereocenters. The third-order valence-electron chi connectivity index (χ3n) is 2.73. The largest absolute Gasteiger partial charge is 0.396 e. The van der Waals surface area contributed by atoms with Crippen molar-refractivity contribution >= 4 is 5.78 Å². The van der Waals surface area contributed by atoms with Gasteiger partial charge < -0.3 is 5.11 Å². The minimum absolute atomic E-state index is 0.221. The minimum atomic E-state index is 0.221. The average molecular weight is 200 g/mol. The number of aliphatic hydroxyl groups excluding tert-OH is 1. The fourth-order valence-corrected chi connectivity index (χ4v) is 1.49. The highest BCUT2D eigenvalue weighted by Gasteiger charge is 2.07. The molecule has 0 aliphatic heterocycles. The molecule has 1 unspecified atom stereocenters. The number of unbranched alkanes of at least 4 members (excludes halogenated alkanes) is 2. The zero-order valence-electron chi connectivity index (χ0n) is 9.59. The van der Waals surface area contributed by atoms with Crippen LogP contribution in [0.3, 0.4) is 0 Å². The molecular formula is C12H24O2. The number of Topliss-reactive ketones (excluding diaryl/α,β-unsaturated/α-hetero) is 1. The van der Waals surface area contributed by atoms with Crippen molar-refractivity contribution in [3.8, 4) is 0 Å². The number of ketones is 1. The molecule has 0 aromatic carbocycles. The molecule has 0 aromatic heterocycles. The van der Waals surface area contributed by atoms with Crippen molar-refractivity contribution in [2.24, 2.45) is 5.92 Å². The second kappa shape index (κ2) is 9.20.